The van der Waals surface area contributed by atoms with Crippen LogP contribution in [0.15, 0.2) is 24.5 Å². The van der Waals surface area contributed by atoms with Crippen LogP contribution >= 0.6 is 0 Å². The molecule has 2 rings (SSSR count). The van der Waals surface area contributed by atoms with E-state index < -0.39 is 0 Å². The van der Waals surface area contributed by atoms with Gasteiger partial charge >= 0.3 is 0 Å². The van der Waals surface area contributed by atoms with Crippen LogP contribution in [0.4, 0.5) is 0 Å². The zero-order valence-corrected chi connectivity index (χ0v) is 6.16. The van der Waals surface area contributed by atoms with Gasteiger partial charge in [0.25, 0.3) is 0 Å². The fourth-order valence-electron chi connectivity index (χ4n) is 1.18. The van der Waals surface area contributed by atoms with E-state index in [2.05, 4.69) is 10.3 Å². The molecule has 1 aromatic heterocycles. The Morgan fingerprint density at radius 2 is 2.27 bits per heavy atom. The molecule has 11 heavy (non-hydrogen) atoms. The first-order valence-electron chi connectivity index (χ1n) is 3.72. The van der Waals surface area contributed by atoms with Crippen molar-refractivity contribution in [3.8, 4) is 0 Å². The Morgan fingerprint density at radius 1 is 1.45 bits per heavy atom. The number of hydrogen-bond acceptors (Lipinski definition) is 3. The maximum absolute atomic E-state index is 5.40. The Labute approximate surface area is 65.4 Å². The van der Waals surface area contributed by atoms with Crippen molar-refractivity contribution in [3.63, 3.8) is 0 Å². The second kappa shape index (κ2) is 2.98. The minimum absolute atomic E-state index is 0.0815. The maximum Gasteiger partial charge on any atom is 0.134 e. The minimum atomic E-state index is 0.0815. The molecule has 0 spiro atoms. The lowest BCUT2D eigenvalue weighted by Gasteiger charge is -2.08. The van der Waals surface area contributed by atoms with E-state index in [0.717, 1.165) is 18.7 Å². The number of ether oxygens (including phenoxy) is 1. The lowest BCUT2D eigenvalue weighted by atomic mass is 10.2. The third-order valence-corrected chi connectivity index (χ3v) is 1.73. The SMILES string of the molecule is c1cc([C@H]2NCCO2)ccn1. The van der Waals surface area contributed by atoms with Crippen LogP contribution in [-0.4, -0.2) is 18.1 Å². The Balaban J connectivity index is 2.16. The van der Waals surface area contributed by atoms with E-state index in [9.17, 15) is 0 Å². The predicted octanol–water partition coefficient (Wildman–Crippen LogP) is 0.700. The topological polar surface area (TPSA) is 34.1 Å². The van der Waals surface area contributed by atoms with Crippen molar-refractivity contribution in [3.05, 3.63) is 30.1 Å². The highest BCUT2D eigenvalue weighted by Crippen LogP contribution is 2.15. The first-order valence-corrected chi connectivity index (χ1v) is 3.72. The Kier molecular flexibility index (Phi) is 1.83. The van der Waals surface area contributed by atoms with Crippen LogP contribution in [-0.2, 0) is 4.74 Å². The Hall–Kier alpha value is -0.930. The number of aromatic nitrogens is 1. The van der Waals surface area contributed by atoms with Gasteiger partial charge in [0.1, 0.15) is 6.23 Å². The number of nitrogens with one attached hydrogen (secondary N) is 1. The lowest BCUT2D eigenvalue weighted by Crippen LogP contribution is -2.13. The molecule has 1 N–H and O–H groups in total. The largest absolute Gasteiger partial charge is 0.358 e. The minimum Gasteiger partial charge on any atom is -0.358 e. The highest BCUT2D eigenvalue weighted by molar-refractivity contribution is 5.13. The van der Waals surface area contributed by atoms with Gasteiger partial charge in [0.2, 0.25) is 0 Å². The molecule has 0 aliphatic carbocycles. The summed E-state index contributed by atoms with van der Waals surface area (Å²) in [6.07, 6.45) is 3.63. The number of hydrogen-bond donors (Lipinski definition) is 1. The monoisotopic (exact) mass is 150 g/mol. The maximum atomic E-state index is 5.40. The predicted molar refractivity (Wildman–Crippen MR) is 40.9 cm³/mol. The zero-order valence-electron chi connectivity index (χ0n) is 6.16. The van der Waals surface area contributed by atoms with Crippen molar-refractivity contribution >= 4 is 0 Å². The summed E-state index contributed by atoms with van der Waals surface area (Å²) in [5, 5.41) is 3.22. The van der Waals surface area contributed by atoms with Crippen molar-refractivity contribution in [1.82, 2.24) is 10.3 Å². The average Bonchev–Trinajstić information content (AvgIpc) is 2.58. The van der Waals surface area contributed by atoms with Crippen molar-refractivity contribution in [2.45, 2.75) is 6.23 Å². The van der Waals surface area contributed by atoms with E-state index in [4.69, 9.17) is 4.74 Å². The molecule has 3 heteroatoms. The molecule has 1 saturated heterocycles. The van der Waals surface area contributed by atoms with Gasteiger partial charge in [-0.2, -0.15) is 0 Å². The zero-order chi connectivity index (χ0) is 7.52. The van der Waals surface area contributed by atoms with Crippen molar-refractivity contribution in [2.24, 2.45) is 0 Å². The van der Waals surface area contributed by atoms with Crippen molar-refractivity contribution < 1.29 is 4.74 Å². The molecular formula is C8H10N2O. The van der Waals surface area contributed by atoms with Crippen molar-refractivity contribution in [1.29, 1.82) is 0 Å². The smallest absolute Gasteiger partial charge is 0.134 e. The molecule has 0 aromatic carbocycles. The van der Waals surface area contributed by atoms with Gasteiger partial charge in [0, 0.05) is 18.9 Å². The molecule has 0 amide bonds. The number of nitrogens with zero attached hydrogens (tertiary/aromatic N) is 1. The molecule has 58 valence electrons. The van der Waals surface area contributed by atoms with E-state index in [-0.39, 0.29) is 6.23 Å². The molecule has 1 atom stereocenters. The highest BCUT2D eigenvalue weighted by Gasteiger charge is 2.15. The van der Waals surface area contributed by atoms with Crippen LogP contribution in [0.25, 0.3) is 0 Å². The molecule has 0 bridgehead atoms. The van der Waals surface area contributed by atoms with E-state index >= 15 is 0 Å². The standard InChI is InChI=1S/C8H10N2O/c1-3-9-4-2-7(1)8-10-5-6-11-8/h1-4,8,10H,5-6H2/t8-/m0/s1. The summed E-state index contributed by atoms with van der Waals surface area (Å²) in [5.41, 5.74) is 1.15. The molecule has 1 aliphatic heterocycles. The molecule has 3 nitrogen and oxygen atoms in total. The third-order valence-electron chi connectivity index (χ3n) is 1.73. The summed E-state index contributed by atoms with van der Waals surface area (Å²) in [7, 11) is 0. The second-order valence-electron chi connectivity index (χ2n) is 2.49. The van der Waals surface area contributed by atoms with Gasteiger partial charge in [-0.25, -0.2) is 0 Å². The van der Waals surface area contributed by atoms with Gasteiger partial charge < -0.3 is 4.74 Å². The van der Waals surface area contributed by atoms with E-state index in [1.54, 1.807) is 12.4 Å². The van der Waals surface area contributed by atoms with Crippen LogP contribution in [0.5, 0.6) is 0 Å². The fourth-order valence-corrected chi connectivity index (χ4v) is 1.18. The molecule has 0 unspecified atom stereocenters. The van der Waals surface area contributed by atoms with Crippen LogP contribution in [0.1, 0.15) is 11.8 Å². The molecule has 1 aliphatic rings. The second-order valence-corrected chi connectivity index (χ2v) is 2.49. The molecule has 1 fully saturated rings. The quantitative estimate of drug-likeness (QED) is 0.640. The first kappa shape index (κ1) is 6.76. The average molecular weight is 150 g/mol. The summed E-state index contributed by atoms with van der Waals surface area (Å²) in [4.78, 5) is 3.93. The first-order chi connectivity index (χ1) is 5.47. The van der Waals surface area contributed by atoms with E-state index in [1.807, 2.05) is 12.1 Å². The molecule has 0 radical (unpaired) electrons. The Bertz CT molecular complexity index is 219. The summed E-state index contributed by atoms with van der Waals surface area (Å²) >= 11 is 0. The van der Waals surface area contributed by atoms with Gasteiger partial charge in [0.15, 0.2) is 0 Å². The Morgan fingerprint density at radius 3 is 2.91 bits per heavy atom. The van der Waals surface area contributed by atoms with Crippen molar-refractivity contribution in [2.75, 3.05) is 13.2 Å². The number of rotatable bonds is 1. The summed E-state index contributed by atoms with van der Waals surface area (Å²) in [6, 6.07) is 3.92. The van der Waals surface area contributed by atoms with E-state index in [0.29, 0.717) is 0 Å². The lowest BCUT2D eigenvalue weighted by molar-refractivity contribution is 0.102. The van der Waals surface area contributed by atoms with Gasteiger partial charge in [-0.3, -0.25) is 10.3 Å². The number of pyridine rings is 1. The summed E-state index contributed by atoms with van der Waals surface area (Å²) in [5.74, 6) is 0. The molecule has 1 aromatic rings. The highest BCUT2D eigenvalue weighted by atomic mass is 16.5. The molecule has 0 saturated carbocycles. The van der Waals surface area contributed by atoms with Gasteiger partial charge in [-0.1, -0.05) is 0 Å². The van der Waals surface area contributed by atoms with Crippen LogP contribution in [0.3, 0.4) is 0 Å². The van der Waals surface area contributed by atoms with Gasteiger partial charge in [-0.05, 0) is 17.7 Å². The normalized spacial score (nSPS) is 23.8. The molecular weight excluding hydrogens is 140 g/mol. The fraction of sp³-hybridized carbons (Fsp3) is 0.375. The van der Waals surface area contributed by atoms with Crippen LogP contribution in [0, 0.1) is 0 Å². The van der Waals surface area contributed by atoms with Gasteiger partial charge in [-0.15, -0.1) is 0 Å². The third kappa shape index (κ3) is 1.39. The van der Waals surface area contributed by atoms with Gasteiger partial charge in [0.05, 0.1) is 6.61 Å². The van der Waals surface area contributed by atoms with Crippen LogP contribution < -0.4 is 5.32 Å². The summed E-state index contributed by atoms with van der Waals surface area (Å²) < 4.78 is 5.40. The van der Waals surface area contributed by atoms with Crippen LogP contribution in [0.2, 0.25) is 0 Å². The van der Waals surface area contributed by atoms with E-state index in [1.165, 1.54) is 0 Å². The molecule has 2 heterocycles. The summed E-state index contributed by atoms with van der Waals surface area (Å²) in [6.45, 7) is 1.74.